The molecule has 0 aliphatic carbocycles. The van der Waals surface area contributed by atoms with Crippen LogP contribution in [-0.2, 0) is 4.79 Å². The Morgan fingerprint density at radius 1 is 1.29 bits per heavy atom. The molecular weight excluding hydrogens is 360 g/mol. The fourth-order valence-corrected chi connectivity index (χ4v) is 3.69. The zero-order valence-corrected chi connectivity index (χ0v) is 16.3. The molecule has 146 valence electrons. The molecule has 0 aromatic carbocycles. The number of aromatic nitrogens is 2. The fourth-order valence-electron chi connectivity index (χ4n) is 3.69. The molecule has 1 unspecified atom stereocenters. The first-order valence-electron chi connectivity index (χ1n) is 9.22. The Hall–Kier alpha value is -3.16. The van der Waals surface area contributed by atoms with Crippen LogP contribution in [0.5, 0.6) is 0 Å². The van der Waals surface area contributed by atoms with Crippen LogP contribution in [0.4, 0.5) is 0 Å². The number of rotatable bonds is 3. The number of carbonyl (C=O) groups is 2. The lowest BCUT2D eigenvalue weighted by molar-refractivity contribution is -0.132. The van der Waals surface area contributed by atoms with E-state index in [2.05, 4.69) is 15.5 Å². The Balaban J connectivity index is 1.72. The Labute approximate surface area is 161 Å². The minimum absolute atomic E-state index is 0.0970. The van der Waals surface area contributed by atoms with Crippen LogP contribution in [0.3, 0.4) is 0 Å². The SMILES string of the molecule is Cc1cc(-c2cc(C(=O)NC3CCC(=O)N(C)C3)c3c(C)noc3n2)c(C)o1. The van der Waals surface area contributed by atoms with E-state index >= 15 is 0 Å². The molecule has 3 aromatic heterocycles. The molecule has 8 nitrogen and oxygen atoms in total. The number of hydrogen-bond donors (Lipinski definition) is 1. The Morgan fingerprint density at radius 3 is 2.75 bits per heavy atom. The van der Waals surface area contributed by atoms with Gasteiger partial charge in [0.25, 0.3) is 11.6 Å². The molecule has 0 bridgehead atoms. The molecule has 1 N–H and O–H groups in total. The summed E-state index contributed by atoms with van der Waals surface area (Å²) >= 11 is 0. The summed E-state index contributed by atoms with van der Waals surface area (Å²) in [6.45, 7) is 6.00. The van der Waals surface area contributed by atoms with E-state index in [4.69, 9.17) is 8.94 Å². The number of likely N-dealkylation sites (N-methyl/N-ethyl adjacent to an activating group) is 1. The molecule has 0 radical (unpaired) electrons. The van der Waals surface area contributed by atoms with Gasteiger partial charge in [-0.15, -0.1) is 0 Å². The molecule has 3 aromatic rings. The van der Waals surface area contributed by atoms with Crippen molar-refractivity contribution in [3.05, 3.63) is 34.9 Å². The molecule has 8 heteroatoms. The van der Waals surface area contributed by atoms with Crippen molar-refractivity contribution in [3.63, 3.8) is 0 Å². The van der Waals surface area contributed by atoms with Gasteiger partial charge in [0, 0.05) is 31.6 Å². The second-order valence-corrected chi connectivity index (χ2v) is 7.31. The van der Waals surface area contributed by atoms with Gasteiger partial charge in [0.05, 0.1) is 22.3 Å². The second kappa shape index (κ2) is 6.78. The third kappa shape index (κ3) is 3.15. The van der Waals surface area contributed by atoms with Crippen LogP contribution in [0.15, 0.2) is 21.1 Å². The molecule has 1 fully saturated rings. The van der Waals surface area contributed by atoms with Crippen LogP contribution >= 0.6 is 0 Å². The number of nitrogens with zero attached hydrogens (tertiary/aromatic N) is 3. The quantitative estimate of drug-likeness (QED) is 0.747. The number of aryl methyl sites for hydroxylation is 3. The summed E-state index contributed by atoms with van der Waals surface area (Å²) in [5.74, 6) is 1.36. The number of pyridine rings is 1. The van der Waals surface area contributed by atoms with E-state index in [1.165, 1.54) is 0 Å². The van der Waals surface area contributed by atoms with Crippen LogP contribution in [0.2, 0.25) is 0 Å². The zero-order valence-electron chi connectivity index (χ0n) is 16.3. The average Bonchev–Trinajstić information content (AvgIpc) is 3.19. The van der Waals surface area contributed by atoms with Gasteiger partial charge in [-0.1, -0.05) is 5.16 Å². The number of likely N-dealkylation sites (tertiary alicyclic amines) is 1. The Bertz CT molecular complexity index is 1080. The molecule has 1 saturated heterocycles. The molecule has 4 heterocycles. The molecule has 28 heavy (non-hydrogen) atoms. The molecule has 1 aliphatic heterocycles. The van der Waals surface area contributed by atoms with Crippen LogP contribution in [0, 0.1) is 20.8 Å². The van der Waals surface area contributed by atoms with E-state index in [-0.39, 0.29) is 17.9 Å². The lowest BCUT2D eigenvalue weighted by atomic mass is 10.0. The maximum Gasteiger partial charge on any atom is 0.259 e. The lowest BCUT2D eigenvalue weighted by Crippen LogP contribution is -2.48. The Morgan fingerprint density at radius 2 is 2.07 bits per heavy atom. The van der Waals surface area contributed by atoms with Crippen molar-refractivity contribution in [1.29, 1.82) is 0 Å². The van der Waals surface area contributed by atoms with Crippen molar-refractivity contribution in [2.24, 2.45) is 0 Å². The lowest BCUT2D eigenvalue weighted by Gasteiger charge is -2.30. The molecule has 0 spiro atoms. The molecule has 0 saturated carbocycles. The van der Waals surface area contributed by atoms with Crippen molar-refractivity contribution in [2.75, 3.05) is 13.6 Å². The topological polar surface area (TPSA) is 101 Å². The van der Waals surface area contributed by atoms with Gasteiger partial charge in [0.15, 0.2) is 0 Å². The third-order valence-electron chi connectivity index (χ3n) is 5.14. The van der Waals surface area contributed by atoms with Crippen molar-refractivity contribution >= 4 is 22.9 Å². The van der Waals surface area contributed by atoms with Gasteiger partial charge in [-0.25, -0.2) is 4.98 Å². The summed E-state index contributed by atoms with van der Waals surface area (Å²) in [5.41, 5.74) is 2.78. The summed E-state index contributed by atoms with van der Waals surface area (Å²) in [6.07, 6.45) is 1.05. The molecule has 1 atom stereocenters. The van der Waals surface area contributed by atoms with E-state index in [1.54, 1.807) is 24.9 Å². The van der Waals surface area contributed by atoms with E-state index in [9.17, 15) is 9.59 Å². The average molecular weight is 382 g/mol. The number of furan rings is 1. The summed E-state index contributed by atoms with van der Waals surface area (Å²) < 4.78 is 11.0. The van der Waals surface area contributed by atoms with E-state index < -0.39 is 0 Å². The number of hydrogen-bond acceptors (Lipinski definition) is 6. The second-order valence-electron chi connectivity index (χ2n) is 7.31. The zero-order chi connectivity index (χ0) is 20.0. The highest BCUT2D eigenvalue weighted by Crippen LogP contribution is 2.30. The summed E-state index contributed by atoms with van der Waals surface area (Å²) in [4.78, 5) is 31.0. The first-order chi connectivity index (χ1) is 13.3. The highest BCUT2D eigenvalue weighted by molar-refractivity contribution is 6.07. The smallest absolute Gasteiger partial charge is 0.259 e. The largest absolute Gasteiger partial charge is 0.466 e. The van der Waals surface area contributed by atoms with E-state index in [0.717, 1.165) is 17.1 Å². The number of fused-ring (bicyclic) bond motifs is 1. The minimum Gasteiger partial charge on any atom is -0.466 e. The van der Waals surface area contributed by atoms with Crippen LogP contribution < -0.4 is 5.32 Å². The predicted octanol–water partition coefficient (Wildman–Crippen LogP) is 2.76. The fraction of sp³-hybridized carbons (Fsp3) is 0.400. The van der Waals surface area contributed by atoms with Gasteiger partial charge >= 0.3 is 0 Å². The normalized spacial score (nSPS) is 17.4. The van der Waals surface area contributed by atoms with Gasteiger partial charge in [0.1, 0.15) is 11.5 Å². The van der Waals surface area contributed by atoms with Gasteiger partial charge in [-0.05, 0) is 39.3 Å². The summed E-state index contributed by atoms with van der Waals surface area (Å²) in [5, 5.41) is 7.61. The number of amides is 2. The first kappa shape index (κ1) is 18.2. The molecule has 2 amide bonds. The Kier molecular flexibility index (Phi) is 4.41. The highest BCUT2D eigenvalue weighted by atomic mass is 16.5. The van der Waals surface area contributed by atoms with Gasteiger partial charge < -0.3 is 19.2 Å². The van der Waals surface area contributed by atoms with Crippen LogP contribution in [0.1, 0.15) is 40.4 Å². The predicted molar refractivity (Wildman–Crippen MR) is 102 cm³/mol. The van der Waals surface area contributed by atoms with E-state index in [0.29, 0.717) is 47.4 Å². The molecule has 1 aliphatic rings. The van der Waals surface area contributed by atoms with Crippen molar-refractivity contribution < 1.29 is 18.5 Å². The summed E-state index contributed by atoms with van der Waals surface area (Å²) in [7, 11) is 1.75. The van der Waals surface area contributed by atoms with Crippen molar-refractivity contribution in [2.45, 2.75) is 39.7 Å². The first-order valence-corrected chi connectivity index (χ1v) is 9.22. The van der Waals surface area contributed by atoms with E-state index in [1.807, 2.05) is 19.9 Å². The van der Waals surface area contributed by atoms with Crippen LogP contribution in [0.25, 0.3) is 22.4 Å². The number of carbonyl (C=O) groups excluding carboxylic acids is 2. The number of piperidine rings is 1. The maximum atomic E-state index is 13.1. The van der Waals surface area contributed by atoms with Crippen LogP contribution in [-0.4, -0.2) is 46.5 Å². The van der Waals surface area contributed by atoms with Gasteiger partial charge in [-0.2, -0.15) is 0 Å². The maximum absolute atomic E-state index is 13.1. The molecule has 4 rings (SSSR count). The monoisotopic (exact) mass is 382 g/mol. The third-order valence-corrected chi connectivity index (χ3v) is 5.14. The minimum atomic E-state index is -0.231. The van der Waals surface area contributed by atoms with Crippen molar-refractivity contribution in [1.82, 2.24) is 20.4 Å². The van der Waals surface area contributed by atoms with Crippen molar-refractivity contribution in [3.8, 4) is 11.3 Å². The van der Waals surface area contributed by atoms with Gasteiger partial charge in [-0.3, -0.25) is 9.59 Å². The standard InChI is InChI=1S/C20H22N4O4/c1-10-7-14(12(3)27-10)16-8-15(18-11(2)23-28-20(18)22-16)19(26)21-13-5-6-17(25)24(4)9-13/h7-8,13H,5-6,9H2,1-4H3,(H,21,26). The number of nitrogens with one attached hydrogen (secondary N) is 1. The summed E-state index contributed by atoms with van der Waals surface area (Å²) in [6, 6.07) is 3.53. The van der Waals surface area contributed by atoms with Gasteiger partial charge in [0.2, 0.25) is 5.91 Å². The highest BCUT2D eigenvalue weighted by Gasteiger charge is 2.27. The molecular formula is C20H22N4O4.